The molecule has 1 N–H and O–H groups in total. The van der Waals surface area contributed by atoms with Crippen LogP contribution in [0.1, 0.15) is 40.5 Å². The normalized spacial score (nSPS) is 16.1. The summed E-state index contributed by atoms with van der Waals surface area (Å²) in [5.41, 5.74) is -0.0613. The van der Waals surface area contributed by atoms with Crippen molar-refractivity contribution in [3.8, 4) is 0 Å². The fraction of sp³-hybridized carbons (Fsp3) is 1.00. The molecule has 0 aromatic carbocycles. The Labute approximate surface area is 101 Å². The van der Waals surface area contributed by atoms with Crippen molar-refractivity contribution in [2.24, 2.45) is 5.92 Å². The monoisotopic (exact) mass is 231 g/mol. The van der Waals surface area contributed by atoms with Gasteiger partial charge in [0.1, 0.15) is 0 Å². The van der Waals surface area contributed by atoms with Crippen molar-refractivity contribution in [1.29, 1.82) is 0 Å². The molecule has 3 nitrogen and oxygen atoms in total. The quantitative estimate of drug-likeness (QED) is 0.661. The molecular formula is C13H29NO2. The Bertz CT molecular complexity index is 171. The highest BCUT2D eigenvalue weighted by Gasteiger charge is 2.25. The van der Waals surface area contributed by atoms with E-state index in [1.807, 2.05) is 0 Å². The molecule has 0 saturated heterocycles. The zero-order valence-electron chi connectivity index (χ0n) is 11.8. The first-order chi connectivity index (χ1) is 7.46. The van der Waals surface area contributed by atoms with E-state index in [2.05, 4.69) is 33.0 Å². The van der Waals surface area contributed by atoms with Crippen LogP contribution in [0.4, 0.5) is 0 Å². The van der Waals surface area contributed by atoms with Crippen molar-refractivity contribution in [2.45, 2.75) is 52.2 Å². The van der Waals surface area contributed by atoms with E-state index in [0.717, 1.165) is 26.0 Å². The van der Waals surface area contributed by atoms with Crippen LogP contribution >= 0.6 is 0 Å². The van der Waals surface area contributed by atoms with Gasteiger partial charge in [0.15, 0.2) is 0 Å². The van der Waals surface area contributed by atoms with Crippen LogP contribution in [0, 0.1) is 5.92 Å². The Kier molecular flexibility index (Phi) is 7.98. The molecule has 0 bridgehead atoms. The third kappa shape index (κ3) is 6.46. The average Bonchev–Trinajstić information content (AvgIpc) is 2.25. The summed E-state index contributed by atoms with van der Waals surface area (Å²) in [6.45, 7) is 10.5. The Morgan fingerprint density at radius 1 is 1.25 bits per heavy atom. The summed E-state index contributed by atoms with van der Waals surface area (Å²) >= 11 is 0. The highest BCUT2D eigenvalue weighted by atomic mass is 16.5. The number of nitrogens with one attached hydrogen (secondary N) is 1. The Morgan fingerprint density at radius 3 is 2.31 bits per heavy atom. The maximum atomic E-state index is 5.50. The van der Waals surface area contributed by atoms with Gasteiger partial charge in [-0.2, -0.15) is 0 Å². The van der Waals surface area contributed by atoms with Gasteiger partial charge in [0.2, 0.25) is 0 Å². The third-order valence-corrected chi connectivity index (χ3v) is 3.19. The first-order valence-corrected chi connectivity index (χ1v) is 6.24. The fourth-order valence-corrected chi connectivity index (χ4v) is 1.85. The van der Waals surface area contributed by atoms with Crippen LogP contribution in [0.5, 0.6) is 0 Å². The molecule has 0 aromatic heterocycles. The van der Waals surface area contributed by atoms with Gasteiger partial charge in [0.25, 0.3) is 0 Å². The van der Waals surface area contributed by atoms with E-state index in [-0.39, 0.29) is 5.60 Å². The first kappa shape index (κ1) is 15.9. The molecule has 0 fully saturated rings. The molecule has 2 atom stereocenters. The van der Waals surface area contributed by atoms with Crippen molar-refractivity contribution in [3.05, 3.63) is 0 Å². The van der Waals surface area contributed by atoms with E-state index >= 15 is 0 Å². The zero-order chi connectivity index (χ0) is 12.6. The largest absolute Gasteiger partial charge is 0.385 e. The topological polar surface area (TPSA) is 30.5 Å². The van der Waals surface area contributed by atoms with Crippen LogP contribution in [-0.4, -0.2) is 39.0 Å². The summed E-state index contributed by atoms with van der Waals surface area (Å²) in [6, 6.07) is 0.495. The van der Waals surface area contributed by atoms with Crippen LogP contribution in [0.15, 0.2) is 0 Å². The lowest BCUT2D eigenvalue weighted by Gasteiger charge is -2.32. The van der Waals surface area contributed by atoms with E-state index in [1.165, 1.54) is 0 Å². The van der Waals surface area contributed by atoms with Gasteiger partial charge >= 0.3 is 0 Å². The lowest BCUT2D eigenvalue weighted by atomic mass is 9.88. The van der Waals surface area contributed by atoms with E-state index in [0.29, 0.717) is 12.0 Å². The van der Waals surface area contributed by atoms with Crippen LogP contribution < -0.4 is 5.32 Å². The number of methoxy groups -OCH3 is 2. The van der Waals surface area contributed by atoms with Crippen molar-refractivity contribution < 1.29 is 9.47 Å². The summed E-state index contributed by atoms with van der Waals surface area (Å²) in [5, 5.41) is 3.55. The van der Waals surface area contributed by atoms with Gasteiger partial charge in [-0.15, -0.1) is 0 Å². The van der Waals surface area contributed by atoms with Gasteiger partial charge in [-0.1, -0.05) is 13.8 Å². The summed E-state index contributed by atoms with van der Waals surface area (Å²) in [4.78, 5) is 0. The van der Waals surface area contributed by atoms with Gasteiger partial charge in [-0.3, -0.25) is 0 Å². The molecule has 2 unspecified atom stereocenters. The van der Waals surface area contributed by atoms with Crippen LogP contribution in [0.3, 0.4) is 0 Å². The lowest BCUT2D eigenvalue weighted by molar-refractivity contribution is 0.000919. The first-order valence-electron chi connectivity index (χ1n) is 6.24. The molecule has 98 valence electrons. The second-order valence-corrected chi connectivity index (χ2v) is 5.09. The minimum Gasteiger partial charge on any atom is -0.385 e. The summed E-state index contributed by atoms with van der Waals surface area (Å²) in [6.07, 6.45) is 2.12. The molecule has 0 radical (unpaired) electrons. The van der Waals surface area contributed by atoms with Crippen molar-refractivity contribution in [3.63, 3.8) is 0 Å². The molecule has 0 saturated carbocycles. The minimum atomic E-state index is -0.0613. The molecule has 0 amide bonds. The van der Waals surface area contributed by atoms with Crippen molar-refractivity contribution >= 4 is 0 Å². The second kappa shape index (κ2) is 8.04. The number of hydrogen-bond donors (Lipinski definition) is 1. The molecule has 0 aliphatic carbocycles. The molecule has 0 aromatic rings. The lowest BCUT2D eigenvalue weighted by Crippen LogP contribution is -2.41. The smallest absolute Gasteiger partial charge is 0.0637 e. The van der Waals surface area contributed by atoms with Gasteiger partial charge < -0.3 is 14.8 Å². The Morgan fingerprint density at radius 2 is 1.88 bits per heavy atom. The number of hydrogen-bond acceptors (Lipinski definition) is 3. The Balaban J connectivity index is 4.24. The van der Waals surface area contributed by atoms with E-state index in [9.17, 15) is 0 Å². The molecule has 3 heteroatoms. The predicted octanol–water partition coefficient (Wildman–Crippen LogP) is 2.45. The molecule has 16 heavy (non-hydrogen) atoms. The van der Waals surface area contributed by atoms with E-state index in [1.54, 1.807) is 14.2 Å². The number of rotatable bonds is 9. The molecule has 0 rings (SSSR count). The summed E-state index contributed by atoms with van der Waals surface area (Å²) in [5.74, 6) is 0.606. The highest BCUT2D eigenvalue weighted by Crippen LogP contribution is 2.21. The molecule has 0 aliphatic rings. The molecule has 0 spiro atoms. The molecule has 0 heterocycles. The maximum absolute atomic E-state index is 5.50. The maximum Gasteiger partial charge on any atom is 0.0637 e. The van der Waals surface area contributed by atoms with Gasteiger partial charge in [-0.25, -0.2) is 0 Å². The standard InChI is InChI=1S/C13H29NO2/c1-7-14-12(10-13(3,4)16-6)11(2)8-9-15-5/h11-12,14H,7-10H2,1-6H3. The zero-order valence-corrected chi connectivity index (χ0v) is 11.8. The van der Waals surface area contributed by atoms with Gasteiger partial charge in [-0.05, 0) is 39.2 Å². The van der Waals surface area contributed by atoms with E-state index in [4.69, 9.17) is 9.47 Å². The minimum absolute atomic E-state index is 0.0613. The van der Waals surface area contributed by atoms with Gasteiger partial charge in [0, 0.05) is 26.9 Å². The van der Waals surface area contributed by atoms with Gasteiger partial charge in [0.05, 0.1) is 5.60 Å². The second-order valence-electron chi connectivity index (χ2n) is 5.09. The average molecular weight is 231 g/mol. The molecular weight excluding hydrogens is 202 g/mol. The third-order valence-electron chi connectivity index (χ3n) is 3.19. The highest BCUT2D eigenvalue weighted by molar-refractivity contribution is 4.81. The Hall–Kier alpha value is -0.120. The summed E-state index contributed by atoms with van der Waals surface area (Å²) < 4.78 is 10.6. The number of ether oxygens (including phenoxy) is 2. The van der Waals surface area contributed by atoms with E-state index < -0.39 is 0 Å². The van der Waals surface area contributed by atoms with Crippen LogP contribution in [0.2, 0.25) is 0 Å². The van der Waals surface area contributed by atoms with Crippen LogP contribution in [-0.2, 0) is 9.47 Å². The van der Waals surface area contributed by atoms with Crippen LogP contribution in [0.25, 0.3) is 0 Å². The van der Waals surface area contributed by atoms with Crippen molar-refractivity contribution in [1.82, 2.24) is 5.32 Å². The fourth-order valence-electron chi connectivity index (χ4n) is 1.85. The predicted molar refractivity (Wildman–Crippen MR) is 68.8 cm³/mol. The SMILES string of the molecule is CCNC(CC(C)(C)OC)C(C)CCOC. The molecule has 0 aliphatic heterocycles. The van der Waals surface area contributed by atoms with Crippen molar-refractivity contribution in [2.75, 3.05) is 27.4 Å². The summed E-state index contributed by atoms with van der Waals surface area (Å²) in [7, 11) is 3.54.